The quantitative estimate of drug-likeness (QED) is 0.510. The van der Waals surface area contributed by atoms with Crippen molar-refractivity contribution in [2.75, 3.05) is 23.8 Å². The normalized spacial score (nSPS) is 15.4. The van der Waals surface area contributed by atoms with Gasteiger partial charge >= 0.3 is 0 Å². The van der Waals surface area contributed by atoms with Crippen molar-refractivity contribution >= 4 is 11.5 Å². The van der Waals surface area contributed by atoms with Gasteiger partial charge in [0.25, 0.3) is 0 Å². The fourth-order valence-electron chi connectivity index (χ4n) is 3.84. The van der Waals surface area contributed by atoms with Crippen LogP contribution in [0.1, 0.15) is 23.9 Å². The summed E-state index contributed by atoms with van der Waals surface area (Å²) in [6.45, 7) is 2.87. The average molecular weight is 412 g/mol. The second-order valence-corrected chi connectivity index (χ2v) is 7.70. The van der Waals surface area contributed by atoms with Gasteiger partial charge in [-0.3, -0.25) is 0 Å². The van der Waals surface area contributed by atoms with E-state index in [4.69, 9.17) is 4.74 Å². The van der Waals surface area contributed by atoms with Crippen molar-refractivity contribution in [1.82, 2.24) is 19.5 Å². The minimum absolute atomic E-state index is 0.163. The lowest BCUT2D eigenvalue weighted by Crippen LogP contribution is -2.31. The summed E-state index contributed by atoms with van der Waals surface area (Å²) in [4.78, 5) is 15.3. The topological polar surface area (TPSA) is 68.1 Å². The third-order valence-corrected chi connectivity index (χ3v) is 5.46. The predicted octanol–water partition coefficient (Wildman–Crippen LogP) is 4.76. The number of fused-ring (bicyclic) bond motifs is 1. The maximum Gasteiger partial charge on any atom is 0.137 e. The van der Waals surface area contributed by atoms with Crippen molar-refractivity contribution in [3.63, 3.8) is 0 Å². The molecule has 5 rings (SSSR count). The van der Waals surface area contributed by atoms with Gasteiger partial charge in [0.1, 0.15) is 23.1 Å². The molecule has 1 aliphatic rings. The number of hydrogen-bond donors (Lipinski definition) is 1. The molecule has 7 nitrogen and oxygen atoms in total. The van der Waals surface area contributed by atoms with Crippen molar-refractivity contribution in [3.05, 3.63) is 84.8 Å². The molecule has 0 saturated heterocycles. The summed E-state index contributed by atoms with van der Waals surface area (Å²) >= 11 is 0. The Morgan fingerprint density at radius 2 is 1.97 bits per heavy atom. The average Bonchev–Trinajstić information content (AvgIpc) is 3.32. The van der Waals surface area contributed by atoms with E-state index in [-0.39, 0.29) is 6.04 Å². The van der Waals surface area contributed by atoms with Gasteiger partial charge in [-0.25, -0.2) is 15.0 Å². The smallest absolute Gasteiger partial charge is 0.137 e. The zero-order valence-electron chi connectivity index (χ0n) is 17.6. The standard InChI is InChI=1S/C24H24N6O/c1-17-26-15-22-23(10-12-29(2)24(22)27-17)28-18-4-3-5-21(14-18)31-20-8-6-19(7-9-20)30-13-11-25-16-30/h3-9,11,13-16,23,28H,10,12H2,1-2H3. The predicted molar refractivity (Wildman–Crippen MR) is 121 cm³/mol. The molecular weight excluding hydrogens is 388 g/mol. The van der Waals surface area contributed by atoms with Crippen LogP contribution in [0.2, 0.25) is 0 Å². The van der Waals surface area contributed by atoms with E-state index in [2.05, 4.69) is 38.3 Å². The molecule has 156 valence electrons. The van der Waals surface area contributed by atoms with Crippen LogP contribution in [-0.2, 0) is 0 Å². The number of benzene rings is 2. The lowest BCUT2D eigenvalue weighted by Gasteiger charge is -2.32. The van der Waals surface area contributed by atoms with Crippen LogP contribution >= 0.6 is 0 Å². The number of nitrogens with one attached hydrogen (secondary N) is 1. The highest BCUT2D eigenvalue weighted by Gasteiger charge is 2.25. The van der Waals surface area contributed by atoms with E-state index in [1.165, 1.54) is 0 Å². The molecule has 0 aliphatic carbocycles. The molecule has 0 radical (unpaired) electrons. The summed E-state index contributed by atoms with van der Waals surface area (Å²) in [6.07, 6.45) is 8.37. The largest absolute Gasteiger partial charge is 0.457 e. The molecule has 4 aromatic rings. The van der Waals surface area contributed by atoms with Gasteiger partial charge in [0.05, 0.1) is 12.4 Å². The van der Waals surface area contributed by atoms with Crippen LogP contribution in [0.15, 0.2) is 73.4 Å². The number of rotatable bonds is 5. The zero-order valence-corrected chi connectivity index (χ0v) is 17.6. The SMILES string of the molecule is Cc1ncc2c(n1)N(C)CCC2Nc1cccc(Oc2ccc(-n3ccnc3)cc2)c1. The molecule has 1 unspecified atom stereocenters. The fourth-order valence-corrected chi connectivity index (χ4v) is 3.84. The second-order valence-electron chi connectivity index (χ2n) is 7.70. The van der Waals surface area contributed by atoms with E-state index in [0.29, 0.717) is 0 Å². The molecule has 7 heteroatoms. The highest BCUT2D eigenvalue weighted by Crippen LogP contribution is 2.34. The van der Waals surface area contributed by atoms with Gasteiger partial charge in [-0.2, -0.15) is 0 Å². The van der Waals surface area contributed by atoms with Crippen LogP contribution < -0.4 is 15.0 Å². The maximum absolute atomic E-state index is 6.08. The minimum atomic E-state index is 0.163. The Morgan fingerprint density at radius 1 is 1.10 bits per heavy atom. The van der Waals surface area contributed by atoms with E-state index in [0.717, 1.165) is 53.0 Å². The number of aryl methyl sites for hydroxylation is 1. The monoisotopic (exact) mass is 412 g/mol. The number of anilines is 2. The Balaban J connectivity index is 1.31. The van der Waals surface area contributed by atoms with Crippen molar-refractivity contribution in [2.45, 2.75) is 19.4 Å². The Kier molecular flexibility index (Phi) is 5.00. The van der Waals surface area contributed by atoms with E-state index in [1.54, 1.807) is 12.5 Å². The number of nitrogens with zero attached hydrogens (tertiary/aromatic N) is 5. The van der Waals surface area contributed by atoms with E-state index < -0.39 is 0 Å². The summed E-state index contributed by atoms with van der Waals surface area (Å²) in [5.41, 5.74) is 3.17. The molecule has 0 fully saturated rings. The van der Waals surface area contributed by atoms with Crippen molar-refractivity contribution < 1.29 is 4.74 Å². The first-order chi connectivity index (χ1) is 15.2. The molecule has 31 heavy (non-hydrogen) atoms. The van der Waals surface area contributed by atoms with Gasteiger partial charge in [-0.1, -0.05) is 6.07 Å². The summed E-state index contributed by atoms with van der Waals surface area (Å²) in [5, 5.41) is 3.63. The fraction of sp³-hybridized carbons (Fsp3) is 0.208. The van der Waals surface area contributed by atoms with Gasteiger partial charge in [-0.15, -0.1) is 0 Å². The molecule has 2 aromatic heterocycles. The van der Waals surface area contributed by atoms with Crippen molar-refractivity contribution in [3.8, 4) is 17.2 Å². The summed E-state index contributed by atoms with van der Waals surface area (Å²) in [5.74, 6) is 3.37. The van der Waals surface area contributed by atoms with E-state index >= 15 is 0 Å². The molecule has 0 bridgehead atoms. The molecule has 0 amide bonds. The molecule has 0 saturated carbocycles. The molecule has 1 atom stereocenters. The molecule has 2 aromatic carbocycles. The highest BCUT2D eigenvalue weighted by atomic mass is 16.5. The number of ether oxygens (including phenoxy) is 1. The third-order valence-electron chi connectivity index (χ3n) is 5.46. The molecule has 3 heterocycles. The minimum Gasteiger partial charge on any atom is -0.457 e. The molecule has 1 aliphatic heterocycles. The van der Waals surface area contributed by atoms with Crippen LogP contribution in [0.5, 0.6) is 11.5 Å². The zero-order chi connectivity index (χ0) is 21.2. The van der Waals surface area contributed by atoms with E-state index in [1.807, 2.05) is 66.3 Å². The van der Waals surface area contributed by atoms with Gasteiger partial charge in [0.2, 0.25) is 0 Å². The first-order valence-corrected chi connectivity index (χ1v) is 10.3. The van der Waals surface area contributed by atoms with Crippen LogP contribution in [0.3, 0.4) is 0 Å². The number of aromatic nitrogens is 4. The first kappa shape index (κ1) is 19.1. The van der Waals surface area contributed by atoms with Crippen LogP contribution in [0.4, 0.5) is 11.5 Å². The maximum atomic E-state index is 6.08. The van der Waals surface area contributed by atoms with Gasteiger partial charge in [0, 0.05) is 55.2 Å². The van der Waals surface area contributed by atoms with Crippen molar-refractivity contribution in [1.29, 1.82) is 0 Å². The second kappa shape index (κ2) is 8.10. The highest BCUT2D eigenvalue weighted by molar-refractivity contribution is 5.56. The lowest BCUT2D eigenvalue weighted by atomic mass is 10.0. The third kappa shape index (κ3) is 4.07. The summed E-state index contributed by atoms with van der Waals surface area (Å²) in [6, 6.07) is 16.1. The van der Waals surface area contributed by atoms with Crippen molar-refractivity contribution in [2.24, 2.45) is 0 Å². The van der Waals surface area contributed by atoms with Crippen LogP contribution in [0, 0.1) is 6.92 Å². The Hall–Kier alpha value is -3.87. The molecular formula is C24H24N6O. The van der Waals surface area contributed by atoms with E-state index in [9.17, 15) is 0 Å². The number of hydrogen-bond acceptors (Lipinski definition) is 6. The van der Waals surface area contributed by atoms with Gasteiger partial charge in [-0.05, 0) is 49.7 Å². The first-order valence-electron chi connectivity index (χ1n) is 10.3. The van der Waals surface area contributed by atoms with Crippen LogP contribution in [0.25, 0.3) is 5.69 Å². The Bertz CT molecular complexity index is 1170. The summed E-state index contributed by atoms with van der Waals surface area (Å²) in [7, 11) is 2.08. The molecule has 1 N–H and O–H groups in total. The molecule has 0 spiro atoms. The van der Waals surface area contributed by atoms with Gasteiger partial charge < -0.3 is 19.5 Å². The Morgan fingerprint density at radius 3 is 2.77 bits per heavy atom. The van der Waals surface area contributed by atoms with Crippen LogP contribution in [-0.4, -0.2) is 33.1 Å². The number of imidazole rings is 1. The summed E-state index contributed by atoms with van der Waals surface area (Å²) < 4.78 is 8.04. The lowest BCUT2D eigenvalue weighted by molar-refractivity contribution is 0.482. The Labute approximate surface area is 181 Å². The van der Waals surface area contributed by atoms with Gasteiger partial charge in [0.15, 0.2) is 0 Å².